The Bertz CT molecular complexity index is 1010. The molecule has 0 bridgehead atoms. The first-order valence-corrected chi connectivity index (χ1v) is 11.1. The number of anilines is 1. The Morgan fingerprint density at radius 2 is 1.76 bits per heavy atom. The molecule has 156 valence electrons. The third-order valence-electron chi connectivity index (χ3n) is 4.07. The summed E-state index contributed by atoms with van der Waals surface area (Å²) in [4.78, 5) is 12.1. The summed E-state index contributed by atoms with van der Waals surface area (Å²) in [6.07, 6.45) is 0. The number of halogens is 3. The molecule has 0 saturated carbocycles. The quantitative estimate of drug-likeness (QED) is 0.683. The highest BCUT2D eigenvalue weighted by Gasteiger charge is 2.27. The van der Waals surface area contributed by atoms with E-state index in [1.165, 1.54) is 28.6 Å². The van der Waals surface area contributed by atoms with Crippen LogP contribution < -0.4 is 10.1 Å². The van der Waals surface area contributed by atoms with Crippen molar-refractivity contribution in [2.75, 3.05) is 38.2 Å². The number of amides is 1. The molecule has 2 aromatic carbocycles. The zero-order valence-corrected chi connectivity index (χ0v) is 18.1. The Balaban J connectivity index is 1.63. The molecule has 1 aliphatic heterocycles. The topological polar surface area (TPSA) is 84.9 Å². The molecule has 11 heteroatoms. The van der Waals surface area contributed by atoms with E-state index in [1.807, 2.05) is 0 Å². The van der Waals surface area contributed by atoms with E-state index in [-0.39, 0.29) is 35.4 Å². The standard InChI is InChI=1S/C18H17Cl3N2O5S/c19-14-3-1-12(9-15(14)20)22-18(24)11-28-17-4-2-13(10-16(17)21)29(25,26)23-5-7-27-8-6-23/h1-4,9-10H,5-8,11H2,(H,22,24). The molecule has 3 rings (SSSR count). The van der Waals surface area contributed by atoms with Crippen LogP contribution in [0.25, 0.3) is 0 Å². The van der Waals surface area contributed by atoms with Crippen LogP contribution in [0.4, 0.5) is 5.69 Å². The highest BCUT2D eigenvalue weighted by molar-refractivity contribution is 7.89. The molecule has 0 aliphatic carbocycles. The number of hydrogen-bond acceptors (Lipinski definition) is 5. The maximum absolute atomic E-state index is 12.7. The molecular formula is C18H17Cl3N2O5S. The molecule has 0 atom stereocenters. The van der Waals surface area contributed by atoms with E-state index in [2.05, 4.69) is 5.32 Å². The average molecular weight is 480 g/mol. The maximum atomic E-state index is 12.7. The smallest absolute Gasteiger partial charge is 0.262 e. The molecule has 1 N–H and O–H groups in total. The number of morpholine rings is 1. The molecular weight excluding hydrogens is 463 g/mol. The number of benzene rings is 2. The molecule has 1 heterocycles. The molecule has 1 aliphatic rings. The molecule has 0 radical (unpaired) electrons. The number of ether oxygens (including phenoxy) is 2. The van der Waals surface area contributed by atoms with Crippen molar-refractivity contribution in [3.8, 4) is 5.75 Å². The summed E-state index contributed by atoms with van der Waals surface area (Å²) in [5, 5.41) is 3.38. The van der Waals surface area contributed by atoms with Crippen LogP contribution in [0.3, 0.4) is 0 Å². The van der Waals surface area contributed by atoms with E-state index in [9.17, 15) is 13.2 Å². The summed E-state index contributed by atoms with van der Waals surface area (Å²) in [6, 6.07) is 8.79. The Hall–Kier alpha value is -1.55. The molecule has 2 aromatic rings. The first-order chi connectivity index (χ1) is 13.8. The lowest BCUT2D eigenvalue weighted by atomic mass is 10.3. The van der Waals surface area contributed by atoms with Crippen LogP contribution >= 0.6 is 34.8 Å². The van der Waals surface area contributed by atoms with Gasteiger partial charge in [-0.05, 0) is 36.4 Å². The predicted molar refractivity (Wildman–Crippen MR) is 112 cm³/mol. The lowest BCUT2D eigenvalue weighted by molar-refractivity contribution is -0.118. The first kappa shape index (κ1) is 22.1. The molecule has 0 spiro atoms. The molecule has 29 heavy (non-hydrogen) atoms. The van der Waals surface area contributed by atoms with Gasteiger partial charge in [0.15, 0.2) is 6.61 Å². The lowest BCUT2D eigenvalue weighted by Gasteiger charge is -2.26. The number of nitrogens with one attached hydrogen (secondary N) is 1. The van der Waals surface area contributed by atoms with Gasteiger partial charge in [-0.2, -0.15) is 4.31 Å². The minimum absolute atomic E-state index is 0.0528. The van der Waals surface area contributed by atoms with Gasteiger partial charge in [-0.3, -0.25) is 4.79 Å². The van der Waals surface area contributed by atoms with Crippen molar-refractivity contribution in [2.45, 2.75) is 4.90 Å². The first-order valence-electron chi connectivity index (χ1n) is 8.52. The van der Waals surface area contributed by atoms with Gasteiger partial charge in [-0.25, -0.2) is 8.42 Å². The number of nitrogens with zero attached hydrogens (tertiary/aromatic N) is 1. The zero-order chi connectivity index (χ0) is 21.0. The van der Waals surface area contributed by atoms with Crippen LogP contribution in [-0.4, -0.2) is 51.5 Å². The van der Waals surface area contributed by atoms with Gasteiger partial charge < -0.3 is 14.8 Å². The third kappa shape index (κ3) is 5.53. The number of carbonyl (C=O) groups is 1. The van der Waals surface area contributed by atoms with E-state index >= 15 is 0 Å². The Kier molecular flexibility index (Phi) is 7.26. The van der Waals surface area contributed by atoms with E-state index < -0.39 is 15.9 Å². The molecule has 0 unspecified atom stereocenters. The number of carbonyl (C=O) groups excluding carboxylic acids is 1. The Morgan fingerprint density at radius 3 is 2.41 bits per heavy atom. The second-order valence-electron chi connectivity index (χ2n) is 6.07. The van der Waals surface area contributed by atoms with Gasteiger partial charge in [-0.1, -0.05) is 34.8 Å². The predicted octanol–water partition coefficient (Wildman–Crippen LogP) is 3.69. The van der Waals surface area contributed by atoms with Crippen LogP contribution in [0.15, 0.2) is 41.3 Å². The highest BCUT2D eigenvalue weighted by Crippen LogP contribution is 2.29. The van der Waals surface area contributed by atoms with Gasteiger partial charge in [0.05, 0.1) is 33.2 Å². The monoisotopic (exact) mass is 478 g/mol. The SMILES string of the molecule is O=C(COc1ccc(S(=O)(=O)N2CCOCC2)cc1Cl)Nc1ccc(Cl)c(Cl)c1. The van der Waals surface area contributed by atoms with Crippen molar-refractivity contribution < 1.29 is 22.7 Å². The van der Waals surface area contributed by atoms with Crippen molar-refractivity contribution >= 4 is 56.4 Å². The van der Waals surface area contributed by atoms with E-state index in [0.717, 1.165) is 0 Å². The maximum Gasteiger partial charge on any atom is 0.262 e. The zero-order valence-electron chi connectivity index (χ0n) is 15.0. The molecule has 7 nitrogen and oxygen atoms in total. The summed E-state index contributed by atoms with van der Waals surface area (Å²) in [7, 11) is -3.67. The molecule has 1 amide bonds. The second kappa shape index (κ2) is 9.51. The average Bonchev–Trinajstić information content (AvgIpc) is 2.70. The fourth-order valence-corrected chi connectivity index (χ4v) is 4.64. The van der Waals surface area contributed by atoms with Gasteiger partial charge in [0.2, 0.25) is 10.0 Å². The van der Waals surface area contributed by atoms with Crippen LogP contribution in [0.2, 0.25) is 15.1 Å². The largest absolute Gasteiger partial charge is 0.482 e. The number of sulfonamides is 1. The third-order valence-corrected chi connectivity index (χ3v) is 7.00. The molecule has 1 saturated heterocycles. The summed E-state index contributed by atoms with van der Waals surface area (Å²) < 4.78 is 37.2. The summed E-state index contributed by atoms with van der Waals surface area (Å²) >= 11 is 17.9. The minimum Gasteiger partial charge on any atom is -0.482 e. The number of hydrogen-bond donors (Lipinski definition) is 1. The Labute approximate surface area is 183 Å². The highest BCUT2D eigenvalue weighted by atomic mass is 35.5. The van der Waals surface area contributed by atoms with Gasteiger partial charge in [0, 0.05) is 18.8 Å². The van der Waals surface area contributed by atoms with Crippen molar-refractivity contribution in [3.05, 3.63) is 51.5 Å². The van der Waals surface area contributed by atoms with Crippen LogP contribution in [0.5, 0.6) is 5.75 Å². The molecule has 1 fully saturated rings. The normalized spacial score (nSPS) is 15.1. The van der Waals surface area contributed by atoms with Crippen molar-refractivity contribution in [2.24, 2.45) is 0 Å². The van der Waals surface area contributed by atoms with Gasteiger partial charge in [0.1, 0.15) is 5.75 Å². The fraction of sp³-hybridized carbons (Fsp3) is 0.278. The van der Waals surface area contributed by atoms with Gasteiger partial charge in [0.25, 0.3) is 5.91 Å². The van der Waals surface area contributed by atoms with Gasteiger partial charge >= 0.3 is 0 Å². The van der Waals surface area contributed by atoms with Crippen LogP contribution in [0, 0.1) is 0 Å². The van der Waals surface area contributed by atoms with Gasteiger partial charge in [-0.15, -0.1) is 0 Å². The van der Waals surface area contributed by atoms with E-state index in [4.69, 9.17) is 44.3 Å². The fourth-order valence-electron chi connectivity index (χ4n) is 2.61. The second-order valence-corrected chi connectivity index (χ2v) is 9.23. The van der Waals surface area contributed by atoms with Crippen LogP contribution in [0.1, 0.15) is 0 Å². The van der Waals surface area contributed by atoms with Crippen LogP contribution in [-0.2, 0) is 19.6 Å². The molecule has 0 aromatic heterocycles. The summed E-state index contributed by atoms with van der Waals surface area (Å²) in [6.45, 7) is 0.944. The van der Waals surface area contributed by atoms with Crippen molar-refractivity contribution in [3.63, 3.8) is 0 Å². The minimum atomic E-state index is -3.67. The Morgan fingerprint density at radius 1 is 1.03 bits per heavy atom. The van der Waals surface area contributed by atoms with Crippen molar-refractivity contribution in [1.82, 2.24) is 4.31 Å². The van der Waals surface area contributed by atoms with E-state index in [1.54, 1.807) is 12.1 Å². The number of rotatable bonds is 6. The van der Waals surface area contributed by atoms with E-state index in [0.29, 0.717) is 28.9 Å². The summed E-state index contributed by atoms with van der Waals surface area (Å²) in [5.41, 5.74) is 0.464. The lowest BCUT2D eigenvalue weighted by Crippen LogP contribution is -2.40. The summed E-state index contributed by atoms with van der Waals surface area (Å²) in [5.74, 6) is -0.249. The van der Waals surface area contributed by atoms with Crippen molar-refractivity contribution in [1.29, 1.82) is 0 Å².